The summed E-state index contributed by atoms with van der Waals surface area (Å²) in [5.74, 6) is -0.0484. The average molecular weight is 336 g/mol. The van der Waals surface area contributed by atoms with Crippen molar-refractivity contribution in [2.24, 2.45) is 0 Å². The topological polar surface area (TPSA) is 80.5 Å². The van der Waals surface area contributed by atoms with Gasteiger partial charge in [0.2, 0.25) is 5.91 Å². The van der Waals surface area contributed by atoms with Gasteiger partial charge in [-0.3, -0.25) is 4.79 Å². The Labute approximate surface area is 143 Å². The van der Waals surface area contributed by atoms with Crippen LogP contribution in [0, 0.1) is 0 Å². The lowest BCUT2D eigenvalue weighted by Gasteiger charge is -2.24. The average Bonchev–Trinajstić information content (AvgIpc) is 3.22. The maximum absolute atomic E-state index is 12.4. The molecule has 134 valence electrons. The minimum Gasteiger partial charge on any atom is -0.381 e. The first-order chi connectivity index (χ1) is 11.5. The van der Waals surface area contributed by atoms with E-state index in [0.29, 0.717) is 18.7 Å². The monoisotopic (exact) mass is 336 g/mol. The Hall–Kier alpha value is -1.47. The van der Waals surface area contributed by atoms with E-state index in [4.69, 9.17) is 4.74 Å². The molecule has 2 heterocycles. The predicted octanol–water partition coefficient (Wildman–Crippen LogP) is 1.63. The molecule has 7 nitrogen and oxygen atoms in total. The van der Waals surface area contributed by atoms with Gasteiger partial charge in [0, 0.05) is 19.0 Å². The third kappa shape index (κ3) is 3.78. The van der Waals surface area contributed by atoms with E-state index in [9.17, 15) is 9.90 Å². The van der Waals surface area contributed by atoms with Crippen molar-refractivity contribution in [3.63, 3.8) is 0 Å². The number of β-amino-alcohol motifs (C(OH)–C–C–N with tert-alkyl or cyclic N) is 1. The molecule has 1 aromatic heterocycles. The summed E-state index contributed by atoms with van der Waals surface area (Å²) < 4.78 is 7.49. The van der Waals surface area contributed by atoms with E-state index in [1.54, 1.807) is 15.8 Å². The van der Waals surface area contributed by atoms with E-state index in [1.807, 2.05) is 13.8 Å². The summed E-state index contributed by atoms with van der Waals surface area (Å²) in [5, 5.41) is 19.0. The number of rotatable bonds is 5. The van der Waals surface area contributed by atoms with E-state index in [-0.39, 0.29) is 31.2 Å². The quantitative estimate of drug-likeness (QED) is 0.884. The highest BCUT2D eigenvalue weighted by atomic mass is 16.5. The molecule has 24 heavy (non-hydrogen) atoms. The second-order valence-electron chi connectivity index (χ2n) is 7.35. The van der Waals surface area contributed by atoms with Gasteiger partial charge >= 0.3 is 0 Å². The van der Waals surface area contributed by atoms with Crippen LogP contribution >= 0.6 is 0 Å². The van der Waals surface area contributed by atoms with Crippen molar-refractivity contribution >= 4 is 5.91 Å². The molecule has 1 aromatic rings. The first-order valence-electron chi connectivity index (χ1n) is 9.02. The number of carbonyl (C=O) groups is 1. The normalized spacial score (nSPS) is 25.6. The molecule has 7 heteroatoms. The van der Waals surface area contributed by atoms with Crippen LogP contribution < -0.4 is 0 Å². The van der Waals surface area contributed by atoms with Crippen molar-refractivity contribution in [1.29, 1.82) is 0 Å². The standard InChI is InChI=1S/C17H28N4O3/c1-13(2)21-10-15(18-19-21)17(23)8-9-20(12-17)16(22)11-24-14-6-4-3-5-7-14/h10,13-14,23H,3-9,11-12H2,1-2H3/t17-/m0/s1. The third-order valence-corrected chi connectivity index (χ3v) is 5.11. The minimum absolute atomic E-state index is 0.0484. The zero-order chi connectivity index (χ0) is 17.2. The SMILES string of the molecule is CC(C)n1cc([C@]2(O)CCN(C(=O)COC3CCCCC3)C2)nn1. The highest BCUT2D eigenvalue weighted by molar-refractivity contribution is 5.78. The molecule has 1 aliphatic heterocycles. The summed E-state index contributed by atoms with van der Waals surface area (Å²) in [6.07, 6.45) is 8.22. The number of likely N-dealkylation sites (tertiary alicyclic amines) is 1. The highest BCUT2D eigenvalue weighted by Crippen LogP contribution is 2.31. The predicted molar refractivity (Wildman–Crippen MR) is 88.3 cm³/mol. The van der Waals surface area contributed by atoms with Crippen molar-refractivity contribution in [3.05, 3.63) is 11.9 Å². The summed E-state index contributed by atoms with van der Waals surface area (Å²) in [5.41, 5.74) is -0.562. The number of hydrogen-bond acceptors (Lipinski definition) is 5. The van der Waals surface area contributed by atoms with Crippen LogP contribution in [-0.2, 0) is 15.1 Å². The molecular formula is C17H28N4O3. The fraction of sp³-hybridized carbons (Fsp3) is 0.824. The van der Waals surface area contributed by atoms with Crippen molar-refractivity contribution in [2.45, 2.75) is 70.1 Å². The van der Waals surface area contributed by atoms with E-state index in [2.05, 4.69) is 10.3 Å². The first-order valence-corrected chi connectivity index (χ1v) is 9.02. The van der Waals surface area contributed by atoms with Gasteiger partial charge in [-0.1, -0.05) is 24.5 Å². The van der Waals surface area contributed by atoms with E-state index >= 15 is 0 Å². The van der Waals surface area contributed by atoms with Gasteiger partial charge in [0.1, 0.15) is 17.9 Å². The lowest BCUT2D eigenvalue weighted by atomic mass is 9.98. The Balaban J connectivity index is 1.54. The van der Waals surface area contributed by atoms with Crippen molar-refractivity contribution in [3.8, 4) is 0 Å². The summed E-state index contributed by atoms with van der Waals surface area (Å²) in [7, 11) is 0. The smallest absolute Gasteiger partial charge is 0.248 e. The Morgan fingerprint density at radius 3 is 2.83 bits per heavy atom. The van der Waals surface area contributed by atoms with Crippen LogP contribution in [0.4, 0.5) is 0 Å². The molecule has 2 fully saturated rings. The maximum Gasteiger partial charge on any atom is 0.248 e. The van der Waals surface area contributed by atoms with Gasteiger partial charge < -0.3 is 14.7 Å². The van der Waals surface area contributed by atoms with Gasteiger partial charge in [-0.15, -0.1) is 5.10 Å². The first kappa shape index (κ1) is 17.4. The molecule has 1 amide bonds. The van der Waals surface area contributed by atoms with Crippen molar-refractivity contribution in [1.82, 2.24) is 19.9 Å². The third-order valence-electron chi connectivity index (χ3n) is 5.11. The van der Waals surface area contributed by atoms with Crippen LogP contribution in [-0.4, -0.2) is 56.7 Å². The maximum atomic E-state index is 12.4. The molecule has 1 atom stereocenters. The summed E-state index contributed by atoms with van der Waals surface area (Å²) in [6, 6.07) is 0.192. The number of hydrogen-bond donors (Lipinski definition) is 1. The molecule has 1 saturated heterocycles. The van der Waals surface area contributed by atoms with Crippen LogP contribution in [0.3, 0.4) is 0 Å². The number of aliphatic hydroxyl groups is 1. The Morgan fingerprint density at radius 1 is 1.42 bits per heavy atom. The molecule has 0 bridgehead atoms. The second kappa shape index (κ2) is 7.19. The minimum atomic E-state index is -1.10. The molecule has 1 N–H and O–H groups in total. The molecule has 0 aromatic carbocycles. The Bertz CT molecular complexity index is 568. The van der Waals surface area contributed by atoms with Crippen LogP contribution in [0.1, 0.15) is 64.1 Å². The fourth-order valence-electron chi connectivity index (χ4n) is 3.47. The molecule has 1 saturated carbocycles. The van der Waals surface area contributed by atoms with Crippen LogP contribution in [0.2, 0.25) is 0 Å². The van der Waals surface area contributed by atoms with E-state index < -0.39 is 5.60 Å². The van der Waals surface area contributed by atoms with Crippen molar-refractivity contribution in [2.75, 3.05) is 19.7 Å². The number of amides is 1. The van der Waals surface area contributed by atoms with Crippen LogP contribution in [0.15, 0.2) is 6.20 Å². The zero-order valence-corrected chi connectivity index (χ0v) is 14.6. The largest absolute Gasteiger partial charge is 0.381 e. The lowest BCUT2D eigenvalue weighted by Crippen LogP contribution is -2.37. The zero-order valence-electron chi connectivity index (χ0n) is 14.6. The lowest BCUT2D eigenvalue weighted by molar-refractivity contribution is -0.138. The van der Waals surface area contributed by atoms with Gasteiger partial charge in [0.15, 0.2) is 0 Å². The van der Waals surface area contributed by atoms with E-state index in [0.717, 1.165) is 12.8 Å². The van der Waals surface area contributed by atoms with Crippen LogP contribution in [0.25, 0.3) is 0 Å². The second-order valence-corrected chi connectivity index (χ2v) is 7.35. The Kier molecular flexibility index (Phi) is 5.20. The van der Waals surface area contributed by atoms with Gasteiger partial charge in [-0.25, -0.2) is 4.68 Å². The number of carbonyl (C=O) groups excluding carboxylic acids is 1. The number of aromatic nitrogens is 3. The molecule has 2 aliphatic rings. The van der Waals surface area contributed by atoms with Gasteiger partial charge in [-0.05, 0) is 26.7 Å². The molecule has 0 radical (unpaired) electrons. The van der Waals surface area contributed by atoms with Gasteiger partial charge in [0.25, 0.3) is 0 Å². The highest BCUT2D eigenvalue weighted by Gasteiger charge is 2.42. The summed E-state index contributed by atoms with van der Waals surface area (Å²) in [4.78, 5) is 14.0. The fourth-order valence-corrected chi connectivity index (χ4v) is 3.47. The van der Waals surface area contributed by atoms with E-state index in [1.165, 1.54) is 19.3 Å². The molecule has 0 spiro atoms. The summed E-state index contributed by atoms with van der Waals surface area (Å²) in [6.45, 7) is 4.92. The van der Waals surface area contributed by atoms with Gasteiger partial charge in [-0.2, -0.15) is 0 Å². The number of nitrogens with zero attached hydrogens (tertiary/aromatic N) is 4. The number of ether oxygens (including phenoxy) is 1. The molecule has 3 rings (SSSR count). The summed E-state index contributed by atoms with van der Waals surface area (Å²) >= 11 is 0. The van der Waals surface area contributed by atoms with Gasteiger partial charge in [0.05, 0.1) is 18.8 Å². The van der Waals surface area contributed by atoms with Crippen molar-refractivity contribution < 1.29 is 14.6 Å². The molecular weight excluding hydrogens is 308 g/mol. The van der Waals surface area contributed by atoms with Crippen LogP contribution in [0.5, 0.6) is 0 Å². The Morgan fingerprint density at radius 2 is 2.17 bits per heavy atom. The molecule has 1 aliphatic carbocycles. The molecule has 0 unspecified atom stereocenters.